The Morgan fingerprint density at radius 1 is 1.30 bits per heavy atom. The lowest BCUT2D eigenvalue weighted by atomic mass is 9.77. The van der Waals surface area contributed by atoms with E-state index in [4.69, 9.17) is 9.47 Å². The Hall–Kier alpha value is -0.610. The van der Waals surface area contributed by atoms with Crippen LogP contribution in [0.4, 0.5) is 0 Å². The van der Waals surface area contributed by atoms with Crippen LogP contribution in [0.1, 0.15) is 59.8 Å². The van der Waals surface area contributed by atoms with Gasteiger partial charge in [0.2, 0.25) is 5.91 Å². The van der Waals surface area contributed by atoms with Crippen molar-refractivity contribution in [1.29, 1.82) is 0 Å². The van der Waals surface area contributed by atoms with Gasteiger partial charge in [-0.2, -0.15) is 0 Å². The number of rotatable bonds is 5. The Balaban J connectivity index is 1.86. The van der Waals surface area contributed by atoms with E-state index >= 15 is 0 Å². The van der Waals surface area contributed by atoms with E-state index in [1.54, 1.807) is 0 Å². The molecule has 1 heterocycles. The highest BCUT2D eigenvalue weighted by Gasteiger charge is 2.42. The molecule has 1 N–H and O–H groups in total. The van der Waals surface area contributed by atoms with Gasteiger partial charge in [0.15, 0.2) is 5.79 Å². The van der Waals surface area contributed by atoms with Gasteiger partial charge in [-0.15, -0.1) is 0 Å². The van der Waals surface area contributed by atoms with Gasteiger partial charge in [0.1, 0.15) is 6.10 Å². The summed E-state index contributed by atoms with van der Waals surface area (Å²) in [5, 5.41) is 3.11. The Labute approximate surface area is 122 Å². The van der Waals surface area contributed by atoms with Gasteiger partial charge in [-0.05, 0) is 39.0 Å². The highest BCUT2D eigenvalue weighted by atomic mass is 16.7. The van der Waals surface area contributed by atoms with Gasteiger partial charge in [0.25, 0.3) is 0 Å². The summed E-state index contributed by atoms with van der Waals surface area (Å²) in [5.41, 5.74) is -0.136. The fraction of sp³-hybridized carbons (Fsp3) is 0.938. The zero-order valence-corrected chi connectivity index (χ0v) is 13.3. The zero-order valence-electron chi connectivity index (χ0n) is 13.3. The molecule has 1 saturated heterocycles. The molecule has 0 bridgehead atoms. The number of nitrogens with one attached hydrogen (secondary N) is 1. The van der Waals surface area contributed by atoms with E-state index in [1.165, 1.54) is 12.8 Å². The fourth-order valence-corrected chi connectivity index (χ4v) is 3.61. The van der Waals surface area contributed by atoms with Crippen molar-refractivity contribution in [2.75, 3.05) is 13.2 Å². The monoisotopic (exact) mass is 283 g/mol. The Kier molecular flexibility index (Phi) is 4.75. The third-order valence-corrected chi connectivity index (χ3v) is 4.40. The van der Waals surface area contributed by atoms with Crippen LogP contribution in [0.5, 0.6) is 0 Å². The van der Waals surface area contributed by atoms with Crippen LogP contribution >= 0.6 is 0 Å². The molecule has 0 aromatic rings. The minimum absolute atomic E-state index is 0.0218. The summed E-state index contributed by atoms with van der Waals surface area (Å²) in [6.45, 7) is 9.33. The van der Waals surface area contributed by atoms with Crippen molar-refractivity contribution in [2.45, 2.75) is 71.7 Å². The summed E-state index contributed by atoms with van der Waals surface area (Å²) < 4.78 is 11.3. The highest BCUT2D eigenvalue weighted by Crippen LogP contribution is 2.43. The van der Waals surface area contributed by atoms with E-state index in [2.05, 4.69) is 19.2 Å². The van der Waals surface area contributed by atoms with Gasteiger partial charge in [-0.1, -0.05) is 26.7 Å². The molecule has 0 aromatic carbocycles. The molecule has 2 aliphatic rings. The van der Waals surface area contributed by atoms with Crippen molar-refractivity contribution in [1.82, 2.24) is 5.32 Å². The van der Waals surface area contributed by atoms with Gasteiger partial charge >= 0.3 is 0 Å². The summed E-state index contributed by atoms with van der Waals surface area (Å²) in [5.74, 6) is 0.263. The maximum absolute atomic E-state index is 12.6. The van der Waals surface area contributed by atoms with Gasteiger partial charge in [0, 0.05) is 12.0 Å². The van der Waals surface area contributed by atoms with E-state index in [-0.39, 0.29) is 17.4 Å². The van der Waals surface area contributed by atoms with Crippen LogP contribution in [0.25, 0.3) is 0 Å². The van der Waals surface area contributed by atoms with Gasteiger partial charge in [0.05, 0.1) is 6.61 Å². The first-order valence-corrected chi connectivity index (χ1v) is 7.93. The number of amides is 1. The molecule has 20 heavy (non-hydrogen) atoms. The minimum atomic E-state index is -0.516. The normalized spacial score (nSPS) is 27.9. The molecule has 1 saturated carbocycles. The molecule has 116 valence electrons. The SMILES string of the molecule is CC(C)CC1(C(=O)NCC2COC(C)(C)O2)CCCC1. The third kappa shape index (κ3) is 3.73. The summed E-state index contributed by atoms with van der Waals surface area (Å²) in [6.07, 6.45) is 5.39. The lowest BCUT2D eigenvalue weighted by molar-refractivity contribution is -0.141. The summed E-state index contributed by atoms with van der Waals surface area (Å²) in [4.78, 5) is 12.6. The Morgan fingerprint density at radius 3 is 2.45 bits per heavy atom. The molecule has 2 fully saturated rings. The zero-order chi connectivity index (χ0) is 14.8. The second-order valence-corrected chi connectivity index (χ2v) is 7.25. The van der Waals surface area contributed by atoms with E-state index in [0.29, 0.717) is 19.1 Å². The van der Waals surface area contributed by atoms with E-state index in [1.807, 2.05) is 13.8 Å². The van der Waals surface area contributed by atoms with Gasteiger partial charge < -0.3 is 14.8 Å². The number of carbonyl (C=O) groups is 1. The standard InChI is InChI=1S/C16H29NO3/c1-12(2)9-16(7-5-6-8-16)14(18)17-10-13-11-19-15(3,4)20-13/h12-13H,5-11H2,1-4H3,(H,17,18). The van der Waals surface area contributed by atoms with Crippen molar-refractivity contribution >= 4 is 5.91 Å². The molecule has 0 aromatic heterocycles. The molecule has 4 heteroatoms. The minimum Gasteiger partial charge on any atom is -0.353 e. The van der Waals surface area contributed by atoms with E-state index in [9.17, 15) is 4.79 Å². The van der Waals surface area contributed by atoms with Gasteiger partial charge in [-0.3, -0.25) is 4.79 Å². The number of hydrogen-bond donors (Lipinski definition) is 1. The number of ether oxygens (including phenoxy) is 2. The fourth-order valence-electron chi connectivity index (χ4n) is 3.61. The largest absolute Gasteiger partial charge is 0.353 e. The molecule has 1 aliphatic heterocycles. The van der Waals surface area contributed by atoms with E-state index < -0.39 is 5.79 Å². The lowest BCUT2D eigenvalue weighted by Crippen LogP contribution is -2.43. The average molecular weight is 283 g/mol. The smallest absolute Gasteiger partial charge is 0.226 e. The highest BCUT2D eigenvalue weighted by molar-refractivity contribution is 5.82. The molecular formula is C16H29NO3. The van der Waals surface area contributed by atoms with Crippen LogP contribution < -0.4 is 5.32 Å². The first kappa shape index (κ1) is 15.8. The van der Waals surface area contributed by atoms with Crippen LogP contribution in [-0.4, -0.2) is 30.9 Å². The average Bonchev–Trinajstić information content (AvgIpc) is 2.93. The summed E-state index contributed by atoms with van der Waals surface area (Å²) >= 11 is 0. The van der Waals surface area contributed by atoms with Crippen molar-refractivity contribution < 1.29 is 14.3 Å². The van der Waals surface area contributed by atoms with Crippen LogP contribution in [0.3, 0.4) is 0 Å². The van der Waals surface area contributed by atoms with Gasteiger partial charge in [-0.25, -0.2) is 0 Å². The molecule has 1 amide bonds. The molecule has 4 nitrogen and oxygen atoms in total. The maximum atomic E-state index is 12.6. The molecule has 1 atom stereocenters. The number of carbonyl (C=O) groups excluding carboxylic acids is 1. The Morgan fingerprint density at radius 2 is 1.95 bits per heavy atom. The second-order valence-electron chi connectivity index (χ2n) is 7.25. The molecule has 0 radical (unpaired) electrons. The quantitative estimate of drug-likeness (QED) is 0.844. The molecule has 2 rings (SSSR count). The predicted octanol–water partition coefficient (Wildman–Crippen LogP) is 2.86. The van der Waals surface area contributed by atoms with Crippen molar-refractivity contribution in [3.8, 4) is 0 Å². The van der Waals surface area contributed by atoms with Crippen molar-refractivity contribution in [2.24, 2.45) is 11.3 Å². The molecular weight excluding hydrogens is 254 g/mol. The summed E-state index contributed by atoms with van der Waals surface area (Å²) in [7, 11) is 0. The number of hydrogen-bond acceptors (Lipinski definition) is 3. The third-order valence-electron chi connectivity index (χ3n) is 4.40. The van der Waals surface area contributed by atoms with Crippen molar-refractivity contribution in [3.05, 3.63) is 0 Å². The first-order chi connectivity index (χ1) is 9.33. The maximum Gasteiger partial charge on any atom is 0.226 e. The summed E-state index contributed by atoms with van der Waals surface area (Å²) in [6, 6.07) is 0. The predicted molar refractivity (Wildman–Crippen MR) is 78.3 cm³/mol. The van der Waals surface area contributed by atoms with Crippen LogP contribution in [0, 0.1) is 11.3 Å². The second kappa shape index (κ2) is 6.02. The first-order valence-electron chi connectivity index (χ1n) is 7.93. The lowest BCUT2D eigenvalue weighted by Gasteiger charge is -2.30. The van der Waals surface area contributed by atoms with Crippen LogP contribution in [0.2, 0.25) is 0 Å². The Bertz CT molecular complexity index is 346. The van der Waals surface area contributed by atoms with Crippen LogP contribution in [-0.2, 0) is 14.3 Å². The van der Waals surface area contributed by atoms with Crippen molar-refractivity contribution in [3.63, 3.8) is 0 Å². The topological polar surface area (TPSA) is 47.6 Å². The van der Waals surface area contributed by atoms with E-state index in [0.717, 1.165) is 19.3 Å². The molecule has 1 unspecified atom stereocenters. The molecule has 1 aliphatic carbocycles. The van der Waals surface area contributed by atoms with Crippen LogP contribution in [0.15, 0.2) is 0 Å². The molecule has 0 spiro atoms.